The number of likely N-dealkylation sites (tertiary alicyclic amines) is 1. The van der Waals surface area contributed by atoms with Crippen molar-refractivity contribution in [3.8, 4) is 0 Å². The fourth-order valence-corrected chi connectivity index (χ4v) is 4.37. The molecule has 230 valence electrons. The van der Waals surface area contributed by atoms with Crippen LogP contribution in [0.25, 0.3) is 0 Å². The van der Waals surface area contributed by atoms with Crippen LogP contribution in [0.3, 0.4) is 0 Å². The van der Waals surface area contributed by atoms with Crippen molar-refractivity contribution in [2.75, 3.05) is 39.3 Å². The molecule has 1 saturated heterocycles. The smallest absolute Gasteiger partial charge is 0.475 e. The van der Waals surface area contributed by atoms with Crippen LogP contribution in [0, 0.1) is 5.92 Å². The standard InChI is InChI=1S/C22H32N4O.2C2HF3O2/c1-3-7-20(8-4-1)19-27-14-13-25-16-21(15-24-11-5-2-6-12-24)17-26-22(18-25)9-10-23-26;2*3-2(4,5)1(6)7/h1,3-4,7-10,21H,2,5-6,11-19H2;2*(H,6,7). The van der Waals surface area contributed by atoms with Gasteiger partial charge in [-0.25, -0.2) is 9.59 Å². The average molecular weight is 597 g/mol. The number of carboxylic acid groups (broad SMARTS) is 2. The van der Waals surface area contributed by atoms with Gasteiger partial charge >= 0.3 is 24.3 Å². The molecule has 0 aliphatic carbocycles. The number of hydrogen-bond acceptors (Lipinski definition) is 6. The average Bonchev–Trinajstić information content (AvgIpc) is 3.26. The molecule has 1 unspecified atom stereocenters. The first-order valence-corrected chi connectivity index (χ1v) is 12.9. The van der Waals surface area contributed by atoms with Gasteiger partial charge in [-0.15, -0.1) is 0 Å². The van der Waals surface area contributed by atoms with E-state index in [0.29, 0.717) is 12.5 Å². The summed E-state index contributed by atoms with van der Waals surface area (Å²) in [5.41, 5.74) is 2.58. The number of aromatic nitrogens is 2. The molecule has 2 aliphatic rings. The van der Waals surface area contributed by atoms with Crippen molar-refractivity contribution in [1.29, 1.82) is 0 Å². The Morgan fingerprint density at radius 1 is 0.878 bits per heavy atom. The molecule has 15 heteroatoms. The van der Waals surface area contributed by atoms with E-state index < -0.39 is 24.3 Å². The molecule has 1 fully saturated rings. The zero-order valence-electron chi connectivity index (χ0n) is 22.3. The number of rotatable bonds is 7. The number of fused-ring (bicyclic) bond motifs is 1. The second kappa shape index (κ2) is 16.3. The third-order valence-electron chi connectivity index (χ3n) is 6.25. The summed E-state index contributed by atoms with van der Waals surface area (Å²) in [7, 11) is 0. The van der Waals surface area contributed by atoms with Crippen LogP contribution in [0.15, 0.2) is 42.6 Å². The number of alkyl halides is 6. The summed E-state index contributed by atoms with van der Waals surface area (Å²) in [4.78, 5) is 23.0. The monoisotopic (exact) mass is 596 g/mol. The van der Waals surface area contributed by atoms with Crippen molar-refractivity contribution in [2.24, 2.45) is 5.92 Å². The minimum atomic E-state index is -5.08. The van der Waals surface area contributed by atoms with E-state index in [1.54, 1.807) is 0 Å². The number of halogens is 6. The van der Waals surface area contributed by atoms with Gasteiger partial charge in [-0.05, 0) is 37.6 Å². The number of carboxylic acids is 2. The van der Waals surface area contributed by atoms with Gasteiger partial charge in [-0.1, -0.05) is 36.8 Å². The second-order valence-electron chi connectivity index (χ2n) is 9.61. The van der Waals surface area contributed by atoms with Crippen LogP contribution in [0.2, 0.25) is 0 Å². The maximum absolute atomic E-state index is 10.6. The molecule has 1 aromatic heterocycles. The lowest BCUT2D eigenvalue weighted by molar-refractivity contribution is -0.193. The fraction of sp³-hybridized carbons (Fsp3) is 0.577. The van der Waals surface area contributed by atoms with E-state index >= 15 is 0 Å². The Labute approximate surface area is 233 Å². The van der Waals surface area contributed by atoms with E-state index in [4.69, 9.17) is 24.5 Å². The first-order valence-electron chi connectivity index (χ1n) is 12.9. The zero-order valence-corrected chi connectivity index (χ0v) is 22.3. The van der Waals surface area contributed by atoms with E-state index in [0.717, 1.165) is 32.8 Å². The number of hydrogen-bond donors (Lipinski definition) is 2. The van der Waals surface area contributed by atoms with E-state index in [2.05, 4.69) is 49.9 Å². The highest BCUT2D eigenvalue weighted by molar-refractivity contribution is 5.73. The highest BCUT2D eigenvalue weighted by Gasteiger charge is 2.38. The molecule has 0 spiro atoms. The molecule has 2 aromatic rings. The van der Waals surface area contributed by atoms with E-state index in [-0.39, 0.29) is 0 Å². The van der Waals surface area contributed by atoms with Gasteiger partial charge in [0, 0.05) is 44.8 Å². The van der Waals surface area contributed by atoms with Crippen LogP contribution in [-0.2, 0) is 34.0 Å². The Morgan fingerprint density at radius 2 is 1.46 bits per heavy atom. The molecule has 0 bridgehead atoms. The lowest BCUT2D eigenvalue weighted by Gasteiger charge is -2.31. The molecular weight excluding hydrogens is 562 g/mol. The minimum absolute atomic E-state index is 0.637. The van der Waals surface area contributed by atoms with Gasteiger partial charge in [0.2, 0.25) is 0 Å². The molecule has 1 atom stereocenters. The van der Waals surface area contributed by atoms with Crippen molar-refractivity contribution in [1.82, 2.24) is 19.6 Å². The molecule has 1 aromatic carbocycles. The third-order valence-corrected chi connectivity index (χ3v) is 6.25. The molecule has 3 heterocycles. The Morgan fingerprint density at radius 3 is 2.02 bits per heavy atom. The van der Waals surface area contributed by atoms with E-state index in [1.807, 2.05) is 12.3 Å². The van der Waals surface area contributed by atoms with Crippen molar-refractivity contribution < 1.29 is 50.9 Å². The summed E-state index contributed by atoms with van der Waals surface area (Å²) in [5, 5.41) is 18.8. The SMILES string of the molecule is O=C(O)C(F)(F)F.O=C(O)C(F)(F)F.c1ccc(COCCN2Cc3ccnn3CC(CN3CCCCC3)C2)cc1. The van der Waals surface area contributed by atoms with Crippen LogP contribution in [0.1, 0.15) is 30.5 Å². The van der Waals surface area contributed by atoms with Gasteiger partial charge in [-0.3, -0.25) is 9.58 Å². The summed E-state index contributed by atoms with van der Waals surface area (Å²) in [6.07, 6.45) is -4.11. The second-order valence-corrected chi connectivity index (χ2v) is 9.61. The lowest BCUT2D eigenvalue weighted by atomic mass is 10.1. The van der Waals surface area contributed by atoms with Gasteiger partial charge < -0.3 is 19.8 Å². The predicted octanol–water partition coefficient (Wildman–Crippen LogP) is 4.28. The van der Waals surface area contributed by atoms with Crippen LogP contribution < -0.4 is 0 Å². The number of ether oxygens (including phenoxy) is 1. The van der Waals surface area contributed by atoms with Crippen molar-refractivity contribution in [3.63, 3.8) is 0 Å². The van der Waals surface area contributed by atoms with Gasteiger partial charge in [0.1, 0.15) is 0 Å². The highest BCUT2D eigenvalue weighted by atomic mass is 19.4. The Balaban J connectivity index is 0.000000349. The Kier molecular flexibility index (Phi) is 13.5. The number of nitrogens with zero attached hydrogens (tertiary/aromatic N) is 4. The Hall–Kier alpha value is -3.17. The summed E-state index contributed by atoms with van der Waals surface area (Å²) >= 11 is 0. The number of aliphatic carboxylic acids is 2. The zero-order chi connectivity index (χ0) is 30.5. The van der Waals surface area contributed by atoms with Crippen LogP contribution in [0.4, 0.5) is 26.3 Å². The first kappa shape index (κ1) is 34.0. The number of benzene rings is 1. The summed E-state index contributed by atoms with van der Waals surface area (Å²) in [6.45, 7) is 9.34. The summed E-state index contributed by atoms with van der Waals surface area (Å²) in [6, 6.07) is 12.6. The van der Waals surface area contributed by atoms with Crippen LogP contribution >= 0.6 is 0 Å². The maximum atomic E-state index is 10.6. The largest absolute Gasteiger partial charge is 0.490 e. The minimum Gasteiger partial charge on any atom is -0.475 e. The van der Waals surface area contributed by atoms with Gasteiger partial charge in [0.15, 0.2) is 0 Å². The van der Waals surface area contributed by atoms with Crippen LogP contribution in [0.5, 0.6) is 0 Å². The van der Waals surface area contributed by atoms with Crippen molar-refractivity contribution in [2.45, 2.75) is 51.3 Å². The molecule has 0 radical (unpaired) electrons. The normalized spacial score (nSPS) is 18.1. The van der Waals surface area contributed by atoms with Gasteiger partial charge in [0.25, 0.3) is 0 Å². The Bertz CT molecular complexity index is 1030. The molecular formula is C26H34F6N4O5. The highest BCUT2D eigenvalue weighted by Crippen LogP contribution is 2.19. The molecule has 41 heavy (non-hydrogen) atoms. The molecule has 4 rings (SSSR count). The predicted molar refractivity (Wildman–Crippen MR) is 135 cm³/mol. The molecule has 2 N–H and O–H groups in total. The summed E-state index contributed by atoms with van der Waals surface area (Å²) in [5.74, 6) is -4.88. The van der Waals surface area contributed by atoms with E-state index in [1.165, 1.54) is 50.2 Å². The third kappa shape index (κ3) is 13.4. The summed E-state index contributed by atoms with van der Waals surface area (Å²) < 4.78 is 71.6. The molecule has 0 saturated carbocycles. The molecule has 9 nitrogen and oxygen atoms in total. The molecule has 2 aliphatic heterocycles. The van der Waals surface area contributed by atoms with Crippen molar-refractivity contribution >= 4 is 11.9 Å². The first-order chi connectivity index (χ1) is 19.3. The number of piperidine rings is 1. The van der Waals surface area contributed by atoms with Crippen LogP contribution in [-0.4, -0.2) is 93.4 Å². The quantitative estimate of drug-likeness (QED) is 0.360. The van der Waals surface area contributed by atoms with Crippen molar-refractivity contribution in [3.05, 3.63) is 53.9 Å². The number of carbonyl (C=O) groups is 2. The fourth-order valence-electron chi connectivity index (χ4n) is 4.37. The maximum Gasteiger partial charge on any atom is 0.490 e. The van der Waals surface area contributed by atoms with Gasteiger partial charge in [-0.2, -0.15) is 31.4 Å². The van der Waals surface area contributed by atoms with E-state index in [9.17, 15) is 26.3 Å². The molecule has 0 amide bonds. The van der Waals surface area contributed by atoms with Gasteiger partial charge in [0.05, 0.1) is 18.9 Å². The lowest BCUT2D eigenvalue weighted by Crippen LogP contribution is -2.39. The topological polar surface area (TPSA) is 108 Å².